The molecule has 28 heavy (non-hydrogen) atoms. The molecule has 2 saturated heterocycles. The smallest absolute Gasteiger partial charge is 0.489 e. The molecule has 150 valence electrons. The summed E-state index contributed by atoms with van der Waals surface area (Å²) in [5.74, 6) is 0.416. The Morgan fingerprint density at radius 1 is 1.25 bits per heavy atom. The Balaban J connectivity index is 1.56. The van der Waals surface area contributed by atoms with E-state index in [1.807, 2.05) is 45.9 Å². The first kappa shape index (κ1) is 19.1. The highest BCUT2D eigenvalue weighted by molar-refractivity contribution is 6.62. The third kappa shape index (κ3) is 3.02. The molecule has 2 atom stereocenters. The number of fused-ring (bicyclic) bond motifs is 3. The summed E-state index contributed by atoms with van der Waals surface area (Å²) >= 11 is 0. The van der Waals surface area contributed by atoms with Gasteiger partial charge in [-0.1, -0.05) is 6.07 Å². The van der Waals surface area contributed by atoms with Crippen molar-refractivity contribution < 1.29 is 28.4 Å². The van der Waals surface area contributed by atoms with Crippen LogP contribution >= 0.6 is 0 Å². The topological polar surface area (TPSA) is 86.3 Å². The van der Waals surface area contributed by atoms with E-state index in [9.17, 15) is 9.59 Å². The molecule has 4 rings (SSSR count). The van der Waals surface area contributed by atoms with Gasteiger partial charge >= 0.3 is 13.2 Å². The molecule has 2 amide bonds. The Morgan fingerprint density at radius 3 is 2.57 bits per heavy atom. The average molecular weight is 388 g/mol. The van der Waals surface area contributed by atoms with Gasteiger partial charge in [-0.2, -0.15) is 0 Å². The van der Waals surface area contributed by atoms with Crippen molar-refractivity contribution in [2.75, 3.05) is 18.1 Å². The lowest BCUT2D eigenvalue weighted by Gasteiger charge is -2.32. The van der Waals surface area contributed by atoms with Crippen molar-refractivity contribution in [3.63, 3.8) is 0 Å². The van der Waals surface area contributed by atoms with Crippen LogP contribution in [0.3, 0.4) is 0 Å². The third-order valence-electron chi connectivity index (χ3n) is 5.94. The largest absolute Gasteiger partial charge is 0.494 e. The zero-order valence-electron chi connectivity index (χ0n) is 16.8. The Hall–Kier alpha value is -2.26. The number of rotatable bonds is 3. The number of amides is 2. The van der Waals surface area contributed by atoms with Gasteiger partial charge in [-0.3, -0.25) is 9.69 Å². The number of cyclic esters (lactones) is 1. The molecular weight excluding hydrogens is 363 g/mol. The maximum atomic E-state index is 12.4. The van der Waals surface area contributed by atoms with Gasteiger partial charge in [0.05, 0.1) is 23.4 Å². The second kappa shape index (κ2) is 6.38. The molecule has 3 aliphatic rings. The molecule has 0 bridgehead atoms. The van der Waals surface area contributed by atoms with Gasteiger partial charge in [0.1, 0.15) is 24.5 Å². The number of carbonyl (C=O) groups is 2. The predicted molar refractivity (Wildman–Crippen MR) is 103 cm³/mol. The summed E-state index contributed by atoms with van der Waals surface area (Å²) in [6, 6.07) is 5.27. The van der Waals surface area contributed by atoms with Crippen molar-refractivity contribution in [3.05, 3.63) is 18.2 Å². The fraction of sp³-hybridized carbons (Fsp3) is 0.579. The van der Waals surface area contributed by atoms with E-state index >= 15 is 0 Å². The van der Waals surface area contributed by atoms with Crippen LogP contribution < -0.4 is 20.4 Å². The molecule has 2 unspecified atom stereocenters. The maximum absolute atomic E-state index is 12.4. The van der Waals surface area contributed by atoms with Crippen LogP contribution in [0.25, 0.3) is 0 Å². The molecule has 1 N–H and O–H groups in total. The minimum Gasteiger partial charge on any atom is -0.489 e. The van der Waals surface area contributed by atoms with Gasteiger partial charge in [-0.25, -0.2) is 4.79 Å². The molecule has 0 aliphatic carbocycles. The highest BCUT2D eigenvalue weighted by Gasteiger charge is 2.52. The second-order valence-corrected chi connectivity index (χ2v) is 8.42. The summed E-state index contributed by atoms with van der Waals surface area (Å²) in [4.78, 5) is 25.2. The number of ether oxygens (including phenoxy) is 2. The monoisotopic (exact) mass is 388 g/mol. The first-order chi connectivity index (χ1) is 13.1. The minimum atomic E-state index is -0.505. The van der Waals surface area contributed by atoms with Crippen LogP contribution in [0.1, 0.15) is 34.6 Å². The molecule has 3 aliphatic heterocycles. The van der Waals surface area contributed by atoms with Crippen LogP contribution in [0.5, 0.6) is 5.75 Å². The minimum absolute atomic E-state index is 0.168. The highest BCUT2D eigenvalue weighted by Crippen LogP contribution is 2.40. The van der Waals surface area contributed by atoms with Crippen LogP contribution in [0, 0.1) is 0 Å². The van der Waals surface area contributed by atoms with Gasteiger partial charge in [-0.05, 0) is 45.3 Å². The van der Waals surface area contributed by atoms with E-state index in [2.05, 4.69) is 5.32 Å². The average Bonchev–Trinajstić information content (AvgIpc) is 3.05. The van der Waals surface area contributed by atoms with E-state index in [1.165, 1.54) is 6.92 Å². The molecule has 1 aromatic rings. The van der Waals surface area contributed by atoms with Crippen molar-refractivity contribution in [2.24, 2.45) is 0 Å². The number of anilines is 1. The molecule has 8 nitrogen and oxygen atoms in total. The first-order valence-electron chi connectivity index (χ1n) is 9.46. The Labute approximate surface area is 164 Å². The molecule has 1 aromatic carbocycles. The molecule has 9 heteroatoms. The molecule has 3 heterocycles. The summed E-state index contributed by atoms with van der Waals surface area (Å²) in [5, 5.41) is 2.70. The van der Waals surface area contributed by atoms with E-state index in [-0.39, 0.29) is 25.1 Å². The quantitative estimate of drug-likeness (QED) is 0.784. The molecule has 0 spiro atoms. The standard InChI is InChI=1S/C19H25BN2O6/c1-11(23)21-9-16-14-10-25-15-8-12(6-7-13(15)22(14)17(24)26-16)20-27-18(2,3)19(4,5)28-20/h6-8,14,16H,9-10H2,1-5H3,(H,21,23). The van der Waals surface area contributed by atoms with Crippen molar-refractivity contribution in [1.82, 2.24) is 5.32 Å². The van der Waals surface area contributed by atoms with Crippen LogP contribution in [0.4, 0.5) is 10.5 Å². The number of benzene rings is 1. The van der Waals surface area contributed by atoms with Crippen molar-refractivity contribution >= 4 is 30.3 Å². The number of nitrogens with zero attached hydrogens (tertiary/aromatic N) is 1. The fourth-order valence-electron chi connectivity index (χ4n) is 3.59. The van der Waals surface area contributed by atoms with Crippen LogP contribution in [-0.2, 0) is 18.8 Å². The van der Waals surface area contributed by atoms with Crippen molar-refractivity contribution in [2.45, 2.75) is 58.0 Å². The van der Waals surface area contributed by atoms with Crippen LogP contribution in [0.15, 0.2) is 18.2 Å². The Morgan fingerprint density at radius 2 is 1.93 bits per heavy atom. The summed E-state index contributed by atoms with van der Waals surface area (Å²) in [7, 11) is -0.505. The lowest BCUT2D eigenvalue weighted by molar-refractivity contribution is -0.119. The first-order valence-corrected chi connectivity index (χ1v) is 9.46. The van der Waals surface area contributed by atoms with Gasteiger partial charge in [-0.15, -0.1) is 0 Å². The molecular formula is C19H25BN2O6. The zero-order valence-corrected chi connectivity index (χ0v) is 16.8. The lowest BCUT2D eigenvalue weighted by atomic mass is 9.78. The van der Waals surface area contributed by atoms with E-state index in [0.717, 1.165) is 5.46 Å². The number of nitrogens with one attached hydrogen (secondary N) is 1. The third-order valence-corrected chi connectivity index (χ3v) is 5.94. The maximum Gasteiger partial charge on any atom is 0.494 e. The predicted octanol–water partition coefficient (Wildman–Crippen LogP) is 1.21. The zero-order chi connectivity index (χ0) is 20.3. The van der Waals surface area contributed by atoms with Gasteiger partial charge in [0.15, 0.2) is 0 Å². The SMILES string of the molecule is CC(=O)NCC1OC(=O)N2c3ccc(B4OC(C)(C)C(C)(C)O4)cc3OCC12. The molecule has 2 fully saturated rings. The Kier molecular flexibility index (Phi) is 4.35. The van der Waals surface area contributed by atoms with Crippen LogP contribution in [0.2, 0.25) is 0 Å². The van der Waals surface area contributed by atoms with Gasteiger partial charge in [0, 0.05) is 6.92 Å². The highest BCUT2D eigenvalue weighted by atomic mass is 16.7. The molecule has 0 aromatic heterocycles. The number of hydrogen-bond donors (Lipinski definition) is 1. The summed E-state index contributed by atoms with van der Waals surface area (Å²) in [5.41, 5.74) is 0.606. The summed E-state index contributed by atoms with van der Waals surface area (Å²) < 4.78 is 23.6. The Bertz CT molecular complexity index is 811. The molecule has 0 radical (unpaired) electrons. The number of hydrogen-bond acceptors (Lipinski definition) is 6. The van der Waals surface area contributed by atoms with E-state index in [0.29, 0.717) is 11.4 Å². The van der Waals surface area contributed by atoms with Crippen molar-refractivity contribution in [1.29, 1.82) is 0 Å². The van der Waals surface area contributed by atoms with Gasteiger partial charge < -0.3 is 24.1 Å². The van der Waals surface area contributed by atoms with E-state index in [1.54, 1.807) is 4.90 Å². The lowest BCUT2D eigenvalue weighted by Crippen LogP contribution is -2.48. The van der Waals surface area contributed by atoms with E-state index < -0.39 is 30.5 Å². The number of carbonyl (C=O) groups excluding carboxylic acids is 2. The second-order valence-electron chi connectivity index (χ2n) is 8.42. The van der Waals surface area contributed by atoms with Gasteiger partial charge in [0.25, 0.3) is 0 Å². The normalized spacial score (nSPS) is 27.0. The van der Waals surface area contributed by atoms with Crippen molar-refractivity contribution in [3.8, 4) is 5.75 Å². The van der Waals surface area contributed by atoms with Gasteiger partial charge in [0.2, 0.25) is 5.91 Å². The summed E-state index contributed by atoms with van der Waals surface area (Å²) in [6.07, 6.45) is -0.888. The van der Waals surface area contributed by atoms with Crippen LogP contribution in [-0.4, -0.2) is 55.6 Å². The van der Waals surface area contributed by atoms with E-state index in [4.69, 9.17) is 18.8 Å². The fourth-order valence-corrected chi connectivity index (χ4v) is 3.59. The summed E-state index contributed by atoms with van der Waals surface area (Å²) in [6.45, 7) is 9.98. The molecule has 0 saturated carbocycles.